The van der Waals surface area contributed by atoms with Crippen molar-refractivity contribution >= 4 is 22.8 Å². The molecule has 1 fully saturated rings. The predicted molar refractivity (Wildman–Crippen MR) is 125 cm³/mol. The van der Waals surface area contributed by atoms with Gasteiger partial charge in [0, 0.05) is 17.5 Å². The smallest absolute Gasteiger partial charge is 0.416 e. The summed E-state index contributed by atoms with van der Waals surface area (Å²) in [6.07, 6.45) is -1.84. The van der Waals surface area contributed by atoms with Crippen molar-refractivity contribution < 1.29 is 27.9 Å². The molecule has 3 aromatic rings. The zero-order chi connectivity index (χ0) is 25.3. The highest BCUT2D eigenvalue weighted by Gasteiger charge is 2.31. The zero-order valence-electron chi connectivity index (χ0n) is 19.6. The largest absolute Gasteiger partial charge is 0.481 e. The summed E-state index contributed by atoms with van der Waals surface area (Å²) in [7, 11) is 0. The first-order valence-electron chi connectivity index (χ1n) is 11.7. The number of aliphatic carboxylic acids is 1. The number of rotatable bonds is 6. The molecule has 186 valence electrons. The molecule has 0 bridgehead atoms. The maximum absolute atomic E-state index is 13.3. The van der Waals surface area contributed by atoms with Crippen molar-refractivity contribution in [3.8, 4) is 0 Å². The van der Waals surface area contributed by atoms with Crippen molar-refractivity contribution in [2.24, 2.45) is 5.92 Å². The monoisotopic (exact) mass is 487 g/mol. The number of aromatic nitrogens is 2. The number of hydrogen-bond donors (Lipinski definition) is 2. The Bertz CT molecular complexity index is 1220. The maximum Gasteiger partial charge on any atom is 0.416 e. The van der Waals surface area contributed by atoms with Crippen molar-refractivity contribution in [2.75, 3.05) is 0 Å². The summed E-state index contributed by atoms with van der Waals surface area (Å²) >= 11 is 0. The Morgan fingerprint density at radius 2 is 1.74 bits per heavy atom. The van der Waals surface area contributed by atoms with Gasteiger partial charge in [0.25, 0.3) is 5.91 Å². The van der Waals surface area contributed by atoms with Crippen molar-refractivity contribution in [1.29, 1.82) is 0 Å². The van der Waals surface area contributed by atoms with Crippen molar-refractivity contribution in [1.82, 2.24) is 15.1 Å². The minimum Gasteiger partial charge on any atom is -0.481 e. The van der Waals surface area contributed by atoms with E-state index in [0.29, 0.717) is 43.1 Å². The molecule has 2 N–H and O–H groups in total. The molecule has 0 saturated heterocycles. The predicted octanol–water partition coefficient (Wildman–Crippen LogP) is 5.60. The number of hydrogen-bond acceptors (Lipinski definition) is 3. The number of benzene rings is 2. The van der Waals surface area contributed by atoms with Gasteiger partial charge in [-0.05, 0) is 75.3 Å². The lowest BCUT2D eigenvalue weighted by atomic mass is 9.86. The fraction of sp³-hybridized carbons (Fsp3) is 0.423. The third-order valence-electron chi connectivity index (χ3n) is 6.61. The molecule has 9 heteroatoms. The van der Waals surface area contributed by atoms with E-state index in [1.807, 2.05) is 32.0 Å². The SMILES string of the molecule is CC(C)n1nc(C(=O)N[C@H]2CC[C@@H](C(=O)O)CC2)c2c(Cc3ccc(C(F)(F)F)cc3)cccc21. The van der Waals surface area contributed by atoms with Crippen LogP contribution < -0.4 is 5.32 Å². The Morgan fingerprint density at radius 3 is 2.31 bits per heavy atom. The summed E-state index contributed by atoms with van der Waals surface area (Å²) in [5.41, 5.74) is 1.85. The summed E-state index contributed by atoms with van der Waals surface area (Å²) in [5.74, 6) is -1.50. The summed E-state index contributed by atoms with van der Waals surface area (Å²) < 4.78 is 40.6. The lowest BCUT2D eigenvalue weighted by Gasteiger charge is -2.26. The van der Waals surface area contributed by atoms with Gasteiger partial charge in [-0.25, -0.2) is 0 Å². The second kappa shape index (κ2) is 9.71. The van der Waals surface area contributed by atoms with Crippen LogP contribution in [0.25, 0.3) is 10.9 Å². The van der Waals surface area contributed by atoms with Crippen molar-refractivity contribution in [3.63, 3.8) is 0 Å². The maximum atomic E-state index is 13.3. The van der Waals surface area contributed by atoms with Gasteiger partial charge in [0.15, 0.2) is 5.69 Å². The highest BCUT2D eigenvalue weighted by Crippen LogP contribution is 2.31. The van der Waals surface area contributed by atoms with Crippen LogP contribution in [0.2, 0.25) is 0 Å². The molecule has 1 saturated carbocycles. The van der Waals surface area contributed by atoms with E-state index in [2.05, 4.69) is 10.4 Å². The fourth-order valence-electron chi connectivity index (χ4n) is 4.73. The molecule has 0 unspecified atom stereocenters. The van der Waals surface area contributed by atoms with Gasteiger partial charge in [-0.15, -0.1) is 0 Å². The summed E-state index contributed by atoms with van der Waals surface area (Å²) in [6, 6.07) is 10.5. The molecule has 1 amide bonds. The number of alkyl halides is 3. The van der Waals surface area contributed by atoms with Gasteiger partial charge >= 0.3 is 12.1 Å². The topological polar surface area (TPSA) is 84.2 Å². The van der Waals surface area contributed by atoms with Crippen LogP contribution in [0.3, 0.4) is 0 Å². The van der Waals surface area contributed by atoms with E-state index in [1.54, 1.807) is 4.68 Å². The average Bonchev–Trinajstić information content (AvgIpc) is 3.20. The first-order chi connectivity index (χ1) is 16.5. The molecule has 35 heavy (non-hydrogen) atoms. The lowest BCUT2D eigenvalue weighted by Crippen LogP contribution is -2.39. The first-order valence-corrected chi connectivity index (χ1v) is 11.7. The van der Waals surface area contributed by atoms with E-state index in [1.165, 1.54) is 12.1 Å². The van der Waals surface area contributed by atoms with E-state index in [4.69, 9.17) is 0 Å². The van der Waals surface area contributed by atoms with Crippen LogP contribution in [0.1, 0.15) is 72.8 Å². The highest BCUT2D eigenvalue weighted by atomic mass is 19.4. The molecule has 1 aromatic heterocycles. The van der Waals surface area contributed by atoms with E-state index in [9.17, 15) is 27.9 Å². The number of halogens is 3. The number of nitrogens with one attached hydrogen (secondary N) is 1. The molecule has 6 nitrogen and oxygen atoms in total. The number of carbonyl (C=O) groups is 2. The quantitative estimate of drug-likeness (QED) is 0.474. The molecule has 1 aliphatic rings. The van der Waals surface area contributed by atoms with Crippen LogP contribution in [-0.4, -0.2) is 32.8 Å². The molecule has 0 radical (unpaired) electrons. The molecule has 0 aliphatic heterocycles. The molecule has 1 aliphatic carbocycles. The minimum atomic E-state index is -4.40. The van der Waals surface area contributed by atoms with Gasteiger partial charge < -0.3 is 10.4 Å². The van der Waals surface area contributed by atoms with E-state index < -0.39 is 17.7 Å². The molecule has 1 heterocycles. The summed E-state index contributed by atoms with van der Waals surface area (Å²) in [4.78, 5) is 24.5. The van der Waals surface area contributed by atoms with Gasteiger partial charge in [0.05, 0.1) is 17.0 Å². The van der Waals surface area contributed by atoms with Gasteiger partial charge in [-0.3, -0.25) is 14.3 Å². The van der Waals surface area contributed by atoms with Gasteiger partial charge in [0.1, 0.15) is 0 Å². The number of nitrogens with zero attached hydrogens (tertiary/aromatic N) is 2. The van der Waals surface area contributed by atoms with Crippen LogP contribution in [0.15, 0.2) is 42.5 Å². The number of carboxylic acids is 1. The second-order valence-corrected chi connectivity index (χ2v) is 9.43. The Hall–Kier alpha value is -3.36. The van der Waals surface area contributed by atoms with Gasteiger partial charge in [0.2, 0.25) is 0 Å². The Kier molecular flexibility index (Phi) is 6.87. The third kappa shape index (κ3) is 5.33. The number of carboxylic acid groups (broad SMARTS) is 1. The fourth-order valence-corrected chi connectivity index (χ4v) is 4.73. The Balaban J connectivity index is 1.63. The normalized spacial score (nSPS) is 18.7. The van der Waals surface area contributed by atoms with E-state index in [-0.39, 0.29) is 29.6 Å². The number of carbonyl (C=O) groups excluding carboxylic acids is 1. The molecular formula is C26H28F3N3O3. The van der Waals surface area contributed by atoms with Crippen LogP contribution in [0.5, 0.6) is 0 Å². The van der Waals surface area contributed by atoms with E-state index in [0.717, 1.165) is 23.2 Å². The second-order valence-electron chi connectivity index (χ2n) is 9.43. The molecule has 0 spiro atoms. The van der Waals surface area contributed by atoms with Crippen LogP contribution in [0, 0.1) is 5.92 Å². The summed E-state index contributed by atoms with van der Waals surface area (Å²) in [5, 5.41) is 17.5. The van der Waals surface area contributed by atoms with E-state index >= 15 is 0 Å². The van der Waals surface area contributed by atoms with Gasteiger partial charge in [-0.2, -0.15) is 18.3 Å². The number of fused-ring (bicyclic) bond motifs is 1. The third-order valence-corrected chi connectivity index (χ3v) is 6.61. The standard InChI is InChI=1S/C26H28F3N3O3/c1-15(2)32-21-5-3-4-18(14-16-6-10-19(11-7-16)26(27,28)29)22(21)23(31-32)24(33)30-20-12-8-17(9-13-20)25(34)35/h3-7,10-11,15,17,20H,8-9,12-14H2,1-2H3,(H,30,33)(H,34,35)/t17-,20+. The van der Waals surface area contributed by atoms with Crippen molar-refractivity contribution in [3.05, 3.63) is 64.8 Å². The molecular weight excluding hydrogens is 459 g/mol. The highest BCUT2D eigenvalue weighted by molar-refractivity contribution is 6.06. The zero-order valence-corrected chi connectivity index (χ0v) is 19.6. The van der Waals surface area contributed by atoms with Crippen LogP contribution in [0.4, 0.5) is 13.2 Å². The Morgan fingerprint density at radius 1 is 1.09 bits per heavy atom. The first kappa shape index (κ1) is 24.8. The van der Waals surface area contributed by atoms with Crippen LogP contribution in [-0.2, 0) is 17.4 Å². The van der Waals surface area contributed by atoms with Crippen LogP contribution >= 0.6 is 0 Å². The van der Waals surface area contributed by atoms with Gasteiger partial charge in [-0.1, -0.05) is 24.3 Å². The lowest BCUT2D eigenvalue weighted by molar-refractivity contribution is -0.143. The average molecular weight is 488 g/mol. The summed E-state index contributed by atoms with van der Waals surface area (Å²) in [6.45, 7) is 3.92. The van der Waals surface area contributed by atoms with Crippen molar-refractivity contribution in [2.45, 2.75) is 64.2 Å². The molecule has 4 rings (SSSR count). The Labute approximate surface area is 201 Å². The molecule has 2 aromatic carbocycles. The number of amides is 1. The minimum absolute atomic E-state index is 0.00799. The molecule has 0 atom stereocenters.